The Morgan fingerprint density at radius 3 is 2.21 bits per heavy atom. The first-order chi connectivity index (χ1) is 9.16. The SMILES string of the molecule is CC(C)C(=C=Nc1ccccc1)c1ccc(O)cc1. The molecule has 19 heavy (non-hydrogen) atoms. The minimum absolute atomic E-state index is 0.270. The third kappa shape index (κ3) is 3.57. The fraction of sp³-hybridized carbons (Fsp3) is 0.176. The summed E-state index contributed by atoms with van der Waals surface area (Å²) in [4.78, 5) is 4.38. The second kappa shape index (κ2) is 6.03. The second-order valence-corrected chi connectivity index (χ2v) is 4.67. The number of para-hydroxylation sites is 1. The van der Waals surface area contributed by atoms with Crippen molar-refractivity contribution >= 4 is 17.1 Å². The predicted octanol–water partition coefficient (Wildman–Crippen LogP) is 4.43. The Labute approximate surface area is 113 Å². The van der Waals surface area contributed by atoms with Crippen LogP contribution in [0.4, 0.5) is 5.69 Å². The zero-order chi connectivity index (χ0) is 13.7. The molecule has 2 nitrogen and oxygen atoms in total. The van der Waals surface area contributed by atoms with Gasteiger partial charge in [-0.3, -0.25) is 0 Å². The van der Waals surface area contributed by atoms with Crippen LogP contribution in [0.15, 0.2) is 59.6 Å². The Balaban J connectivity index is 2.41. The molecule has 0 radical (unpaired) electrons. The van der Waals surface area contributed by atoms with Gasteiger partial charge in [-0.1, -0.05) is 44.2 Å². The smallest absolute Gasteiger partial charge is 0.115 e. The van der Waals surface area contributed by atoms with E-state index >= 15 is 0 Å². The summed E-state index contributed by atoms with van der Waals surface area (Å²) in [7, 11) is 0. The van der Waals surface area contributed by atoms with Gasteiger partial charge in [0.15, 0.2) is 0 Å². The Morgan fingerprint density at radius 2 is 1.63 bits per heavy atom. The summed E-state index contributed by atoms with van der Waals surface area (Å²) in [6, 6.07) is 16.9. The molecule has 0 amide bonds. The summed E-state index contributed by atoms with van der Waals surface area (Å²) in [6.45, 7) is 4.21. The summed E-state index contributed by atoms with van der Waals surface area (Å²) < 4.78 is 0. The quantitative estimate of drug-likeness (QED) is 0.804. The predicted molar refractivity (Wildman–Crippen MR) is 79.9 cm³/mol. The number of aliphatic imine (C=N–C) groups is 1. The monoisotopic (exact) mass is 251 g/mol. The summed E-state index contributed by atoms with van der Waals surface area (Å²) in [5, 5.41) is 9.33. The molecule has 0 fully saturated rings. The molecule has 96 valence electrons. The Hall–Kier alpha value is -2.31. The number of benzene rings is 2. The molecule has 1 N–H and O–H groups in total. The van der Waals surface area contributed by atoms with Crippen molar-refractivity contribution in [2.45, 2.75) is 13.8 Å². The van der Waals surface area contributed by atoms with E-state index in [2.05, 4.69) is 24.7 Å². The first-order valence-electron chi connectivity index (χ1n) is 6.35. The molecule has 0 heterocycles. The number of phenols is 1. The summed E-state index contributed by atoms with van der Waals surface area (Å²) >= 11 is 0. The van der Waals surface area contributed by atoms with Crippen LogP contribution < -0.4 is 0 Å². The zero-order valence-corrected chi connectivity index (χ0v) is 11.2. The van der Waals surface area contributed by atoms with E-state index in [0.717, 1.165) is 16.8 Å². The van der Waals surface area contributed by atoms with Gasteiger partial charge < -0.3 is 5.11 Å². The van der Waals surface area contributed by atoms with E-state index in [1.807, 2.05) is 42.5 Å². The Morgan fingerprint density at radius 1 is 1.00 bits per heavy atom. The van der Waals surface area contributed by atoms with Crippen LogP contribution in [0, 0.1) is 5.92 Å². The molecular weight excluding hydrogens is 234 g/mol. The van der Waals surface area contributed by atoms with Gasteiger partial charge in [-0.2, -0.15) is 0 Å². The molecule has 2 aromatic rings. The molecule has 0 aliphatic carbocycles. The van der Waals surface area contributed by atoms with Crippen LogP contribution in [0.2, 0.25) is 0 Å². The Kier molecular flexibility index (Phi) is 4.17. The maximum absolute atomic E-state index is 9.33. The molecule has 0 spiro atoms. The summed E-state index contributed by atoms with van der Waals surface area (Å²) in [5.74, 6) is 3.72. The van der Waals surface area contributed by atoms with Gasteiger partial charge in [-0.05, 0) is 41.6 Å². The van der Waals surface area contributed by atoms with Gasteiger partial charge in [0.25, 0.3) is 0 Å². The van der Waals surface area contributed by atoms with Crippen LogP contribution in [0.1, 0.15) is 19.4 Å². The first kappa shape index (κ1) is 13.1. The van der Waals surface area contributed by atoms with Gasteiger partial charge in [0, 0.05) is 5.57 Å². The van der Waals surface area contributed by atoms with Crippen molar-refractivity contribution in [3.63, 3.8) is 0 Å². The van der Waals surface area contributed by atoms with E-state index in [4.69, 9.17) is 0 Å². The maximum Gasteiger partial charge on any atom is 0.115 e. The molecule has 0 aliphatic rings. The fourth-order valence-electron chi connectivity index (χ4n) is 1.80. The summed E-state index contributed by atoms with van der Waals surface area (Å²) in [6.07, 6.45) is 0. The van der Waals surface area contributed by atoms with E-state index in [9.17, 15) is 5.11 Å². The Bertz CT molecular complexity index is 591. The highest BCUT2D eigenvalue weighted by Gasteiger charge is 2.06. The molecule has 2 aromatic carbocycles. The lowest BCUT2D eigenvalue weighted by Crippen LogP contribution is -1.94. The van der Waals surface area contributed by atoms with Crippen molar-refractivity contribution in [2.24, 2.45) is 10.9 Å². The second-order valence-electron chi connectivity index (χ2n) is 4.67. The van der Waals surface area contributed by atoms with Gasteiger partial charge in [-0.25, -0.2) is 4.99 Å². The number of phenolic OH excluding ortho intramolecular Hbond substituents is 1. The molecule has 2 rings (SSSR count). The molecule has 0 atom stereocenters. The highest BCUT2D eigenvalue weighted by Crippen LogP contribution is 2.22. The van der Waals surface area contributed by atoms with E-state index in [1.165, 1.54) is 0 Å². The third-order valence-corrected chi connectivity index (χ3v) is 2.82. The number of hydrogen-bond acceptors (Lipinski definition) is 2. The van der Waals surface area contributed by atoms with Crippen molar-refractivity contribution in [3.05, 3.63) is 60.2 Å². The number of nitrogens with zero attached hydrogens (tertiary/aromatic N) is 1. The normalized spacial score (nSPS) is 10.1. The lowest BCUT2D eigenvalue weighted by Gasteiger charge is -2.08. The number of rotatable bonds is 3. The number of allylic oxidation sites excluding steroid dienone is 1. The van der Waals surface area contributed by atoms with Crippen LogP contribution in [0.5, 0.6) is 5.75 Å². The standard InChI is InChI=1S/C17H17NO/c1-13(2)17(14-8-10-16(19)11-9-14)12-18-15-6-4-3-5-7-15/h3-11,13,19H,1-2H3. The van der Waals surface area contributed by atoms with Crippen molar-refractivity contribution < 1.29 is 5.11 Å². The van der Waals surface area contributed by atoms with E-state index in [-0.39, 0.29) is 5.75 Å². The fourth-order valence-corrected chi connectivity index (χ4v) is 1.80. The van der Waals surface area contributed by atoms with Crippen LogP contribution in [0.25, 0.3) is 5.57 Å². The molecule has 0 saturated carbocycles. The van der Waals surface area contributed by atoms with Gasteiger partial charge in [0.1, 0.15) is 5.75 Å². The highest BCUT2D eigenvalue weighted by molar-refractivity contribution is 5.91. The minimum Gasteiger partial charge on any atom is -0.508 e. The van der Waals surface area contributed by atoms with E-state index < -0.39 is 0 Å². The van der Waals surface area contributed by atoms with Gasteiger partial charge in [0.05, 0.1) is 5.69 Å². The molecule has 0 aromatic heterocycles. The largest absolute Gasteiger partial charge is 0.508 e. The van der Waals surface area contributed by atoms with Crippen molar-refractivity contribution in [1.82, 2.24) is 0 Å². The highest BCUT2D eigenvalue weighted by atomic mass is 16.3. The zero-order valence-electron chi connectivity index (χ0n) is 11.2. The van der Waals surface area contributed by atoms with Crippen LogP contribution in [-0.4, -0.2) is 11.0 Å². The molecule has 0 aliphatic heterocycles. The number of aromatic hydroxyl groups is 1. The lowest BCUT2D eigenvalue weighted by atomic mass is 9.97. The van der Waals surface area contributed by atoms with Crippen molar-refractivity contribution in [1.29, 1.82) is 0 Å². The van der Waals surface area contributed by atoms with Crippen LogP contribution in [-0.2, 0) is 0 Å². The van der Waals surface area contributed by atoms with E-state index in [0.29, 0.717) is 5.92 Å². The van der Waals surface area contributed by atoms with E-state index in [1.54, 1.807) is 12.1 Å². The van der Waals surface area contributed by atoms with Gasteiger partial charge >= 0.3 is 0 Å². The average Bonchev–Trinajstić information content (AvgIpc) is 2.42. The minimum atomic E-state index is 0.270. The topological polar surface area (TPSA) is 32.6 Å². The van der Waals surface area contributed by atoms with Gasteiger partial charge in [-0.15, -0.1) is 0 Å². The molecule has 2 heteroatoms. The molecular formula is C17H17NO. The number of hydrogen-bond donors (Lipinski definition) is 1. The lowest BCUT2D eigenvalue weighted by molar-refractivity contribution is 0.475. The van der Waals surface area contributed by atoms with Crippen molar-refractivity contribution in [2.75, 3.05) is 0 Å². The average molecular weight is 251 g/mol. The maximum atomic E-state index is 9.33. The van der Waals surface area contributed by atoms with Crippen LogP contribution >= 0.6 is 0 Å². The summed E-state index contributed by atoms with van der Waals surface area (Å²) in [5.41, 5.74) is 2.95. The third-order valence-electron chi connectivity index (χ3n) is 2.82. The molecule has 0 unspecified atom stereocenters. The molecule has 0 bridgehead atoms. The molecule has 0 saturated heterocycles. The van der Waals surface area contributed by atoms with Gasteiger partial charge in [0.2, 0.25) is 0 Å². The first-order valence-corrected chi connectivity index (χ1v) is 6.35. The van der Waals surface area contributed by atoms with Crippen molar-refractivity contribution in [3.8, 4) is 5.75 Å². The van der Waals surface area contributed by atoms with Crippen LogP contribution in [0.3, 0.4) is 0 Å².